The molecule has 1 aromatic carbocycles. The number of nitrogens with one attached hydrogen (secondary N) is 1. The number of hydrogen-bond acceptors (Lipinski definition) is 4. The average Bonchev–Trinajstić information content (AvgIpc) is 2.70. The highest BCUT2D eigenvalue weighted by atomic mass is 16.2. The number of para-hydroxylation sites is 1. The summed E-state index contributed by atoms with van der Waals surface area (Å²) in [7, 11) is 0. The first-order chi connectivity index (χ1) is 13.9. The van der Waals surface area contributed by atoms with E-state index in [4.69, 9.17) is 0 Å². The van der Waals surface area contributed by atoms with Crippen molar-refractivity contribution >= 4 is 23.4 Å². The molecule has 1 saturated heterocycles. The van der Waals surface area contributed by atoms with Gasteiger partial charge < -0.3 is 4.90 Å². The Morgan fingerprint density at radius 3 is 2.41 bits per heavy atom. The summed E-state index contributed by atoms with van der Waals surface area (Å²) in [5.74, 6) is 0.781. The Bertz CT molecular complexity index is 858. The summed E-state index contributed by atoms with van der Waals surface area (Å²) in [6.45, 7) is 8.99. The maximum Gasteiger partial charge on any atom is 0.327 e. The zero-order valence-electron chi connectivity index (χ0n) is 17.6. The maximum absolute atomic E-state index is 13.4. The quantitative estimate of drug-likeness (QED) is 0.850. The second-order valence-corrected chi connectivity index (χ2v) is 7.79. The molecule has 0 aliphatic carbocycles. The Balaban J connectivity index is 1.90. The van der Waals surface area contributed by atoms with Crippen molar-refractivity contribution in [2.75, 3.05) is 23.3 Å². The number of urea groups is 1. The van der Waals surface area contributed by atoms with Crippen LogP contribution in [0.15, 0.2) is 36.7 Å². The zero-order valence-corrected chi connectivity index (χ0v) is 17.6. The number of amides is 3. The lowest BCUT2D eigenvalue weighted by Crippen LogP contribution is -2.50. The van der Waals surface area contributed by atoms with Crippen LogP contribution in [0.25, 0.3) is 0 Å². The van der Waals surface area contributed by atoms with Gasteiger partial charge in [-0.2, -0.15) is 0 Å². The van der Waals surface area contributed by atoms with Crippen molar-refractivity contribution < 1.29 is 9.59 Å². The number of hydrogen-bond donors (Lipinski definition) is 1. The Hall–Kier alpha value is -2.96. The first kappa shape index (κ1) is 20.8. The van der Waals surface area contributed by atoms with Crippen LogP contribution in [0.3, 0.4) is 0 Å². The topological polar surface area (TPSA) is 78.4 Å². The Morgan fingerprint density at radius 2 is 1.83 bits per heavy atom. The summed E-state index contributed by atoms with van der Waals surface area (Å²) in [5.41, 5.74) is 2.81. The summed E-state index contributed by atoms with van der Waals surface area (Å²) in [6, 6.07) is 7.79. The third-order valence-electron chi connectivity index (χ3n) is 5.33. The van der Waals surface area contributed by atoms with Crippen LogP contribution >= 0.6 is 0 Å². The van der Waals surface area contributed by atoms with E-state index in [1.165, 1.54) is 0 Å². The number of anilines is 2. The summed E-state index contributed by atoms with van der Waals surface area (Å²) < 4.78 is 0. The van der Waals surface area contributed by atoms with Crippen LogP contribution in [-0.2, 0) is 4.79 Å². The van der Waals surface area contributed by atoms with Gasteiger partial charge in [0, 0.05) is 31.7 Å². The van der Waals surface area contributed by atoms with Gasteiger partial charge in [0.2, 0.25) is 5.91 Å². The van der Waals surface area contributed by atoms with E-state index in [1.807, 2.05) is 34.9 Å². The van der Waals surface area contributed by atoms with E-state index in [-0.39, 0.29) is 23.9 Å². The van der Waals surface area contributed by atoms with E-state index in [0.29, 0.717) is 18.9 Å². The highest BCUT2D eigenvalue weighted by Gasteiger charge is 2.31. The van der Waals surface area contributed by atoms with Crippen molar-refractivity contribution in [1.29, 1.82) is 0 Å². The summed E-state index contributed by atoms with van der Waals surface area (Å²) in [5, 5.41) is 2.90. The first-order valence-electron chi connectivity index (χ1n) is 10.1. The third-order valence-corrected chi connectivity index (χ3v) is 5.33. The van der Waals surface area contributed by atoms with Gasteiger partial charge in [0.05, 0.1) is 18.1 Å². The Labute approximate surface area is 172 Å². The van der Waals surface area contributed by atoms with Gasteiger partial charge in [-0.1, -0.05) is 32.0 Å². The van der Waals surface area contributed by atoms with E-state index in [2.05, 4.69) is 35.2 Å². The Kier molecular flexibility index (Phi) is 6.46. The standard InChI is InChI=1S/C22H29N5O2/c1-15(2)19-7-5-6-8-20(19)27(18-9-11-26(12-10-18)17(4)28)22(29)25-21-14-23-16(3)13-24-21/h5-8,13-15,18H,9-12H2,1-4H3,(H,24,25,29). The lowest BCUT2D eigenvalue weighted by atomic mass is 9.97. The summed E-state index contributed by atoms with van der Waals surface area (Å²) in [4.78, 5) is 37.2. The molecule has 0 atom stereocenters. The molecule has 0 saturated carbocycles. The smallest absolute Gasteiger partial charge is 0.327 e. The van der Waals surface area contributed by atoms with E-state index in [0.717, 1.165) is 29.8 Å². The van der Waals surface area contributed by atoms with Crippen molar-refractivity contribution in [2.24, 2.45) is 0 Å². The van der Waals surface area contributed by atoms with Crippen LogP contribution in [0, 0.1) is 6.92 Å². The number of rotatable bonds is 4. The van der Waals surface area contributed by atoms with Gasteiger partial charge in [0.1, 0.15) is 0 Å². The van der Waals surface area contributed by atoms with E-state index < -0.39 is 0 Å². The van der Waals surface area contributed by atoms with Gasteiger partial charge in [-0.3, -0.25) is 20.0 Å². The fraction of sp³-hybridized carbons (Fsp3) is 0.455. The second kappa shape index (κ2) is 9.03. The van der Waals surface area contributed by atoms with E-state index in [1.54, 1.807) is 19.3 Å². The minimum absolute atomic E-state index is 0.00362. The van der Waals surface area contributed by atoms with Gasteiger partial charge in [-0.25, -0.2) is 9.78 Å². The average molecular weight is 396 g/mol. The highest BCUT2D eigenvalue weighted by molar-refractivity contribution is 6.02. The Morgan fingerprint density at radius 1 is 1.14 bits per heavy atom. The van der Waals surface area contributed by atoms with E-state index in [9.17, 15) is 9.59 Å². The molecule has 29 heavy (non-hydrogen) atoms. The van der Waals surface area contributed by atoms with Crippen LogP contribution in [0.4, 0.5) is 16.3 Å². The number of carbonyl (C=O) groups is 2. The maximum atomic E-state index is 13.4. The molecule has 1 fully saturated rings. The molecule has 0 radical (unpaired) electrons. The van der Waals surface area contributed by atoms with Gasteiger partial charge in [0.25, 0.3) is 0 Å². The minimum Gasteiger partial charge on any atom is -0.343 e. The lowest BCUT2D eigenvalue weighted by Gasteiger charge is -2.39. The number of benzene rings is 1. The normalized spacial score (nSPS) is 14.7. The molecule has 2 aromatic rings. The molecule has 154 valence electrons. The van der Waals surface area contributed by atoms with Crippen LogP contribution < -0.4 is 10.2 Å². The van der Waals surface area contributed by atoms with Gasteiger partial charge in [-0.05, 0) is 37.3 Å². The molecule has 1 N–H and O–H groups in total. The first-order valence-corrected chi connectivity index (χ1v) is 10.1. The van der Waals surface area contributed by atoms with Crippen LogP contribution in [-0.4, -0.2) is 45.9 Å². The fourth-order valence-electron chi connectivity index (χ4n) is 3.73. The van der Waals surface area contributed by atoms with Gasteiger partial charge in [-0.15, -0.1) is 0 Å². The van der Waals surface area contributed by atoms with Crippen LogP contribution in [0.1, 0.15) is 50.8 Å². The predicted molar refractivity (Wildman–Crippen MR) is 114 cm³/mol. The van der Waals surface area contributed by atoms with Crippen LogP contribution in [0.2, 0.25) is 0 Å². The molecule has 7 heteroatoms. The lowest BCUT2D eigenvalue weighted by molar-refractivity contribution is -0.129. The van der Waals surface area contributed by atoms with Crippen LogP contribution in [0.5, 0.6) is 0 Å². The highest BCUT2D eigenvalue weighted by Crippen LogP contribution is 2.32. The molecule has 0 bridgehead atoms. The number of nitrogens with zero attached hydrogens (tertiary/aromatic N) is 4. The second-order valence-electron chi connectivity index (χ2n) is 7.79. The molecule has 1 aliphatic rings. The number of likely N-dealkylation sites (tertiary alicyclic amines) is 1. The van der Waals surface area contributed by atoms with Crippen molar-refractivity contribution in [1.82, 2.24) is 14.9 Å². The van der Waals surface area contributed by atoms with Crippen molar-refractivity contribution in [3.8, 4) is 0 Å². The molecule has 1 aliphatic heterocycles. The molecule has 7 nitrogen and oxygen atoms in total. The number of piperidine rings is 1. The minimum atomic E-state index is -0.225. The largest absolute Gasteiger partial charge is 0.343 e. The monoisotopic (exact) mass is 395 g/mol. The van der Waals surface area contributed by atoms with Gasteiger partial charge in [0.15, 0.2) is 5.82 Å². The molecule has 1 aromatic heterocycles. The van der Waals surface area contributed by atoms with Crippen molar-refractivity contribution in [3.63, 3.8) is 0 Å². The van der Waals surface area contributed by atoms with Crippen molar-refractivity contribution in [3.05, 3.63) is 47.9 Å². The molecular weight excluding hydrogens is 366 g/mol. The van der Waals surface area contributed by atoms with E-state index >= 15 is 0 Å². The molecule has 3 amide bonds. The third kappa shape index (κ3) is 4.91. The van der Waals surface area contributed by atoms with Crippen molar-refractivity contribution in [2.45, 2.75) is 52.5 Å². The number of carbonyl (C=O) groups excluding carboxylic acids is 2. The molecule has 2 heterocycles. The summed E-state index contributed by atoms with van der Waals surface area (Å²) >= 11 is 0. The van der Waals surface area contributed by atoms with Gasteiger partial charge >= 0.3 is 6.03 Å². The summed E-state index contributed by atoms with van der Waals surface area (Å²) in [6.07, 6.45) is 4.67. The number of aryl methyl sites for hydroxylation is 1. The molecule has 3 rings (SSSR count). The molecule has 0 spiro atoms. The number of aromatic nitrogens is 2. The molecule has 0 unspecified atom stereocenters. The predicted octanol–water partition coefficient (Wildman–Crippen LogP) is 3.96. The zero-order chi connectivity index (χ0) is 21.0. The SMILES string of the molecule is CC(=O)N1CCC(N(C(=O)Nc2cnc(C)cn2)c2ccccc2C(C)C)CC1. The molecular formula is C22H29N5O2. The fourth-order valence-corrected chi connectivity index (χ4v) is 3.73.